The van der Waals surface area contributed by atoms with Crippen molar-refractivity contribution in [3.8, 4) is 0 Å². The minimum absolute atomic E-state index is 0.201. The Bertz CT molecular complexity index is 811. The number of carbonyl (C=O) groups excluding carboxylic acids is 2. The molecule has 8 nitrogen and oxygen atoms in total. The number of urea groups is 1. The van der Waals surface area contributed by atoms with Crippen LogP contribution in [-0.4, -0.2) is 59.0 Å². The van der Waals surface area contributed by atoms with Crippen molar-refractivity contribution in [2.24, 2.45) is 0 Å². The number of benzene rings is 1. The Hall–Kier alpha value is -3.23. The zero-order valence-corrected chi connectivity index (χ0v) is 15.6. The topological polar surface area (TPSA) is 90.5 Å². The van der Waals surface area contributed by atoms with Crippen molar-refractivity contribution in [2.45, 2.75) is 19.5 Å². The van der Waals surface area contributed by atoms with Crippen molar-refractivity contribution >= 4 is 17.9 Å². The van der Waals surface area contributed by atoms with Gasteiger partial charge in [0.05, 0.1) is 0 Å². The lowest BCUT2D eigenvalue weighted by Crippen LogP contribution is -2.55. The summed E-state index contributed by atoms with van der Waals surface area (Å²) in [6.07, 6.45) is 3.37. The summed E-state index contributed by atoms with van der Waals surface area (Å²) in [5, 5.41) is 5.40. The molecule has 1 aromatic carbocycles. The summed E-state index contributed by atoms with van der Waals surface area (Å²) in [5.74, 6) is -0.0327. The van der Waals surface area contributed by atoms with Crippen molar-refractivity contribution in [3.63, 3.8) is 0 Å². The number of aromatic nitrogens is 2. The summed E-state index contributed by atoms with van der Waals surface area (Å²) in [5.41, 5.74) is 0.658. The summed E-state index contributed by atoms with van der Waals surface area (Å²) >= 11 is 0. The lowest BCUT2D eigenvalue weighted by molar-refractivity contribution is -0.122. The first-order valence-electron chi connectivity index (χ1n) is 9.12. The molecule has 0 spiro atoms. The van der Waals surface area contributed by atoms with E-state index < -0.39 is 6.04 Å². The van der Waals surface area contributed by atoms with Crippen molar-refractivity contribution in [2.75, 3.05) is 31.1 Å². The highest BCUT2D eigenvalue weighted by Crippen LogP contribution is 2.10. The maximum absolute atomic E-state index is 13.2. The second-order valence-electron chi connectivity index (χ2n) is 6.54. The van der Waals surface area contributed by atoms with Crippen LogP contribution in [0.15, 0.2) is 42.7 Å². The third kappa shape index (κ3) is 5.15. The first-order chi connectivity index (χ1) is 13.5. The van der Waals surface area contributed by atoms with Crippen molar-refractivity contribution in [1.29, 1.82) is 0 Å². The average molecular weight is 386 g/mol. The van der Waals surface area contributed by atoms with Gasteiger partial charge in [0.1, 0.15) is 11.9 Å². The summed E-state index contributed by atoms with van der Waals surface area (Å²) in [7, 11) is 0. The summed E-state index contributed by atoms with van der Waals surface area (Å²) in [6, 6.07) is 6.79. The molecule has 9 heteroatoms. The number of rotatable bonds is 5. The van der Waals surface area contributed by atoms with Crippen LogP contribution in [-0.2, 0) is 11.3 Å². The average Bonchev–Trinajstić information content (AvgIpc) is 2.72. The Kier molecular flexibility index (Phi) is 6.36. The van der Waals surface area contributed by atoms with Gasteiger partial charge in [-0.15, -0.1) is 0 Å². The van der Waals surface area contributed by atoms with E-state index in [1.165, 1.54) is 12.1 Å². The normalized spacial score (nSPS) is 15.1. The Labute approximate surface area is 162 Å². The van der Waals surface area contributed by atoms with Crippen LogP contribution in [0.25, 0.3) is 0 Å². The van der Waals surface area contributed by atoms with Gasteiger partial charge in [-0.3, -0.25) is 4.79 Å². The number of amides is 3. The summed E-state index contributed by atoms with van der Waals surface area (Å²) in [4.78, 5) is 36.7. The molecule has 2 heterocycles. The third-order valence-electron chi connectivity index (χ3n) is 4.49. The molecule has 3 rings (SSSR count). The van der Waals surface area contributed by atoms with Crippen LogP contribution in [0.2, 0.25) is 0 Å². The molecule has 1 aliphatic rings. The van der Waals surface area contributed by atoms with Crippen molar-refractivity contribution in [1.82, 2.24) is 25.5 Å². The molecular formula is C19H23FN6O2. The van der Waals surface area contributed by atoms with Crippen LogP contribution in [0.4, 0.5) is 15.1 Å². The van der Waals surface area contributed by atoms with E-state index in [4.69, 9.17) is 0 Å². The monoisotopic (exact) mass is 386 g/mol. The van der Waals surface area contributed by atoms with Crippen molar-refractivity contribution in [3.05, 3.63) is 54.1 Å². The van der Waals surface area contributed by atoms with Gasteiger partial charge in [0.25, 0.3) is 0 Å². The molecule has 1 aromatic heterocycles. The highest BCUT2D eigenvalue weighted by atomic mass is 19.1. The zero-order valence-electron chi connectivity index (χ0n) is 15.6. The smallest absolute Gasteiger partial charge is 0.318 e. The van der Waals surface area contributed by atoms with E-state index >= 15 is 0 Å². The Morgan fingerprint density at radius 1 is 1.14 bits per heavy atom. The van der Waals surface area contributed by atoms with E-state index in [0.717, 1.165) is 0 Å². The minimum Gasteiger partial charge on any atom is -0.350 e. The van der Waals surface area contributed by atoms with Gasteiger partial charge >= 0.3 is 6.03 Å². The van der Waals surface area contributed by atoms with E-state index in [2.05, 4.69) is 20.6 Å². The predicted molar refractivity (Wildman–Crippen MR) is 102 cm³/mol. The quantitative estimate of drug-likeness (QED) is 0.805. The van der Waals surface area contributed by atoms with Gasteiger partial charge in [0, 0.05) is 45.1 Å². The molecule has 1 aliphatic heterocycles. The maximum atomic E-state index is 13.2. The lowest BCUT2D eigenvalue weighted by Gasteiger charge is -2.35. The molecule has 148 valence electrons. The molecule has 0 aliphatic carbocycles. The largest absolute Gasteiger partial charge is 0.350 e. The van der Waals surface area contributed by atoms with Crippen LogP contribution in [0.5, 0.6) is 0 Å². The molecule has 2 aromatic rings. The molecule has 0 saturated carbocycles. The number of hydrogen-bond donors (Lipinski definition) is 2. The van der Waals surface area contributed by atoms with Gasteiger partial charge in [0.2, 0.25) is 11.9 Å². The van der Waals surface area contributed by atoms with E-state index in [1.54, 1.807) is 42.4 Å². The van der Waals surface area contributed by atoms with E-state index in [-0.39, 0.29) is 24.3 Å². The fourth-order valence-electron chi connectivity index (χ4n) is 2.90. The summed E-state index contributed by atoms with van der Waals surface area (Å²) in [6.45, 7) is 4.10. The van der Waals surface area contributed by atoms with Crippen LogP contribution < -0.4 is 15.5 Å². The van der Waals surface area contributed by atoms with E-state index in [9.17, 15) is 14.0 Å². The SMILES string of the molecule is C[C@H](NC(=O)N1CCN(c2ncccn2)CC1)C(=O)NCc1cccc(F)c1. The Morgan fingerprint density at radius 2 is 1.86 bits per heavy atom. The first kappa shape index (κ1) is 19.5. The van der Waals surface area contributed by atoms with Gasteiger partial charge in [-0.2, -0.15) is 0 Å². The molecular weight excluding hydrogens is 363 g/mol. The third-order valence-corrected chi connectivity index (χ3v) is 4.49. The number of carbonyl (C=O) groups is 2. The van der Waals surface area contributed by atoms with Crippen LogP contribution >= 0.6 is 0 Å². The van der Waals surface area contributed by atoms with E-state index in [1.807, 2.05) is 4.90 Å². The minimum atomic E-state index is -0.698. The van der Waals surface area contributed by atoms with Crippen LogP contribution in [0.3, 0.4) is 0 Å². The highest BCUT2D eigenvalue weighted by Gasteiger charge is 2.24. The second-order valence-corrected chi connectivity index (χ2v) is 6.54. The standard InChI is InChI=1S/C19H23FN6O2/c1-14(17(27)23-13-15-4-2-5-16(20)12-15)24-19(28)26-10-8-25(9-11-26)18-21-6-3-7-22-18/h2-7,12,14H,8-11,13H2,1H3,(H,23,27)(H,24,28)/t14-/m0/s1. The Balaban J connectivity index is 1.43. The molecule has 1 saturated heterocycles. The number of anilines is 1. The molecule has 0 unspecified atom stereocenters. The second kappa shape index (κ2) is 9.12. The number of halogens is 1. The number of piperazine rings is 1. The number of nitrogens with zero attached hydrogens (tertiary/aromatic N) is 4. The summed E-state index contributed by atoms with van der Waals surface area (Å²) < 4.78 is 13.2. The molecule has 0 radical (unpaired) electrons. The van der Waals surface area contributed by atoms with Gasteiger partial charge in [-0.05, 0) is 30.7 Å². The predicted octanol–water partition coefficient (Wildman–Crippen LogP) is 1.15. The van der Waals surface area contributed by atoms with Gasteiger partial charge in [-0.1, -0.05) is 12.1 Å². The van der Waals surface area contributed by atoms with Crippen molar-refractivity contribution < 1.29 is 14.0 Å². The zero-order chi connectivity index (χ0) is 19.9. The number of hydrogen-bond acceptors (Lipinski definition) is 5. The Morgan fingerprint density at radius 3 is 2.54 bits per heavy atom. The highest BCUT2D eigenvalue weighted by molar-refractivity contribution is 5.86. The fourth-order valence-corrected chi connectivity index (χ4v) is 2.90. The molecule has 3 amide bonds. The lowest BCUT2D eigenvalue weighted by atomic mass is 10.2. The van der Waals surface area contributed by atoms with E-state index in [0.29, 0.717) is 37.7 Å². The molecule has 0 bridgehead atoms. The van der Waals surface area contributed by atoms with Crippen LogP contribution in [0.1, 0.15) is 12.5 Å². The van der Waals surface area contributed by atoms with Gasteiger partial charge < -0.3 is 20.4 Å². The maximum Gasteiger partial charge on any atom is 0.318 e. The van der Waals surface area contributed by atoms with Crippen LogP contribution in [0, 0.1) is 5.82 Å². The molecule has 1 fully saturated rings. The molecule has 1 atom stereocenters. The molecule has 28 heavy (non-hydrogen) atoms. The van der Waals surface area contributed by atoms with Gasteiger partial charge in [0.15, 0.2) is 0 Å². The number of nitrogens with one attached hydrogen (secondary N) is 2. The first-order valence-corrected chi connectivity index (χ1v) is 9.12. The van der Waals surface area contributed by atoms with Gasteiger partial charge in [-0.25, -0.2) is 19.2 Å². The molecule has 2 N–H and O–H groups in total. The fraction of sp³-hybridized carbons (Fsp3) is 0.368.